The van der Waals surface area contributed by atoms with Gasteiger partial charge in [0.15, 0.2) is 11.5 Å². The van der Waals surface area contributed by atoms with Gasteiger partial charge >= 0.3 is 0 Å². The predicted molar refractivity (Wildman–Crippen MR) is 92.9 cm³/mol. The van der Waals surface area contributed by atoms with Gasteiger partial charge in [0.05, 0.1) is 0 Å². The number of hydrogen-bond donors (Lipinski definition) is 1. The number of hydrogen-bond acceptors (Lipinski definition) is 5. The van der Waals surface area contributed by atoms with Crippen molar-refractivity contribution in [3.05, 3.63) is 59.6 Å². The second kappa shape index (κ2) is 6.33. The molecule has 24 heavy (non-hydrogen) atoms. The summed E-state index contributed by atoms with van der Waals surface area (Å²) in [6, 6.07) is 12.8. The lowest BCUT2D eigenvalue weighted by Crippen LogP contribution is -2.16. The minimum Gasteiger partial charge on any atom is -0.486 e. The quantitative estimate of drug-likeness (QED) is 0.788. The van der Waals surface area contributed by atoms with Gasteiger partial charge in [0.25, 0.3) is 5.91 Å². The minimum absolute atomic E-state index is 0.176. The second-order valence-corrected chi connectivity index (χ2v) is 6.13. The van der Waals surface area contributed by atoms with E-state index in [0.717, 1.165) is 10.6 Å². The summed E-state index contributed by atoms with van der Waals surface area (Å²) in [5, 5.41) is 5.70. The van der Waals surface area contributed by atoms with Gasteiger partial charge in [0.1, 0.15) is 18.2 Å². The van der Waals surface area contributed by atoms with E-state index < -0.39 is 0 Å². The fourth-order valence-corrected chi connectivity index (χ4v) is 3.12. The Kier molecular flexibility index (Phi) is 3.88. The highest BCUT2D eigenvalue weighted by Crippen LogP contribution is 2.32. The van der Waals surface area contributed by atoms with E-state index in [0.29, 0.717) is 36.0 Å². The molecule has 5 nitrogen and oxygen atoms in total. The molecule has 0 aliphatic carbocycles. The smallest absolute Gasteiger partial charge is 0.255 e. The van der Waals surface area contributed by atoms with E-state index in [1.807, 2.05) is 23.6 Å². The Hall–Kier alpha value is -2.86. The van der Waals surface area contributed by atoms with Gasteiger partial charge < -0.3 is 14.8 Å². The Morgan fingerprint density at radius 2 is 1.96 bits per heavy atom. The number of nitrogens with zero attached hydrogens (tertiary/aromatic N) is 1. The fraction of sp³-hybridized carbons (Fsp3) is 0.111. The number of thiazole rings is 1. The first kappa shape index (κ1) is 14.7. The van der Waals surface area contributed by atoms with Crippen LogP contribution in [0.25, 0.3) is 10.6 Å². The molecule has 1 N–H and O–H groups in total. The van der Waals surface area contributed by atoms with Crippen LogP contribution in [0.4, 0.5) is 5.69 Å². The molecule has 1 aromatic heterocycles. The van der Waals surface area contributed by atoms with Crippen molar-refractivity contribution in [2.45, 2.75) is 0 Å². The number of carbonyl (C=O) groups excluding carboxylic acids is 1. The highest BCUT2D eigenvalue weighted by atomic mass is 32.1. The van der Waals surface area contributed by atoms with Crippen molar-refractivity contribution in [1.82, 2.24) is 4.98 Å². The Morgan fingerprint density at radius 1 is 1.08 bits per heavy atom. The molecule has 1 aliphatic heterocycles. The molecule has 0 unspecified atom stereocenters. The number of rotatable bonds is 3. The van der Waals surface area contributed by atoms with Gasteiger partial charge in [-0.05, 0) is 24.3 Å². The van der Waals surface area contributed by atoms with E-state index in [2.05, 4.69) is 10.3 Å². The minimum atomic E-state index is -0.176. The Labute approximate surface area is 142 Å². The molecular weight excluding hydrogens is 324 g/mol. The molecule has 120 valence electrons. The van der Waals surface area contributed by atoms with Gasteiger partial charge in [-0.15, -0.1) is 11.3 Å². The number of fused-ring (bicyclic) bond motifs is 1. The zero-order chi connectivity index (χ0) is 16.4. The monoisotopic (exact) mass is 338 g/mol. The largest absolute Gasteiger partial charge is 0.486 e. The van der Waals surface area contributed by atoms with Crippen molar-refractivity contribution in [3.63, 3.8) is 0 Å². The van der Waals surface area contributed by atoms with E-state index >= 15 is 0 Å². The molecule has 0 spiro atoms. The van der Waals surface area contributed by atoms with Crippen LogP contribution in [0.2, 0.25) is 0 Å². The molecule has 0 radical (unpaired) electrons. The molecule has 4 rings (SSSR count). The molecule has 1 amide bonds. The molecule has 0 saturated carbocycles. The maximum absolute atomic E-state index is 12.5. The number of nitrogens with one attached hydrogen (secondary N) is 1. The Morgan fingerprint density at radius 3 is 2.79 bits per heavy atom. The molecule has 2 heterocycles. The highest BCUT2D eigenvalue weighted by molar-refractivity contribution is 7.13. The van der Waals surface area contributed by atoms with Crippen LogP contribution in [0, 0.1) is 0 Å². The number of ether oxygens (including phenoxy) is 2. The molecule has 0 atom stereocenters. The van der Waals surface area contributed by atoms with Crippen LogP contribution >= 0.6 is 11.3 Å². The number of benzene rings is 2. The van der Waals surface area contributed by atoms with Crippen LogP contribution in [0.1, 0.15) is 10.4 Å². The standard InChI is InChI=1S/C18H14N2O3S/c21-17(12-2-1-3-13(10-12)18-19-6-9-24-18)20-14-4-5-15-16(11-14)23-8-7-22-15/h1-6,9-11H,7-8H2,(H,20,21). The molecule has 0 fully saturated rings. The van der Waals surface area contributed by atoms with E-state index in [9.17, 15) is 4.79 Å². The molecule has 3 aromatic rings. The van der Waals surface area contributed by atoms with Crippen LogP contribution in [-0.4, -0.2) is 24.1 Å². The summed E-state index contributed by atoms with van der Waals surface area (Å²) >= 11 is 1.54. The lowest BCUT2D eigenvalue weighted by Gasteiger charge is -2.19. The first-order chi connectivity index (χ1) is 11.8. The summed E-state index contributed by atoms with van der Waals surface area (Å²) < 4.78 is 11.0. The number of aromatic nitrogens is 1. The van der Waals surface area contributed by atoms with E-state index in [-0.39, 0.29) is 5.91 Å². The first-order valence-electron chi connectivity index (χ1n) is 7.50. The van der Waals surface area contributed by atoms with Crippen LogP contribution in [0.15, 0.2) is 54.0 Å². The topological polar surface area (TPSA) is 60.5 Å². The van der Waals surface area contributed by atoms with Crippen LogP contribution in [0.5, 0.6) is 11.5 Å². The lowest BCUT2D eigenvalue weighted by atomic mass is 10.1. The first-order valence-corrected chi connectivity index (χ1v) is 8.38. The van der Waals surface area contributed by atoms with Gasteiger partial charge in [-0.3, -0.25) is 4.79 Å². The number of amides is 1. The third-order valence-electron chi connectivity index (χ3n) is 3.60. The average Bonchev–Trinajstić information content (AvgIpc) is 3.16. The zero-order valence-corrected chi connectivity index (χ0v) is 13.5. The summed E-state index contributed by atoms with van der Waals surface area (Å²) in [6.07, 6.45) is 1.75. The Balaban J connectivity index is 1.55. The summed E-state index contributed by atoms with van der Waals surface area (Å²) in [7, 11) is 0. The molecule has 0 bridgehead atoms. The van der Waals surface area contributed by atoms with Gasteiger partial charge in [0.2, 0.25) is 0 Å². The SMILES string of the molecule is O=C(Nc1ccc2c(c1)OCCO2)c1cccc(-c2nccs2)c1. The van der Waals surface area contributed by atoms with Crippen LogP contribution in [-0.2, 0) is 0 Å². The molecule has 6 heteroatoms. The molecule has 0 saturated heterocycles. The van der Waals surface area contributed by atoms with Gasteiger partial charge in [-0.25, -0.2) is 4.98 Å². The second-order valence-electron chi connectivity index (χ2n) is 5.23. The maximum atomic E-state index is 12.5. The van der Waals surface area contributed by atoms with Gasteiger partial charge in [-0.1, -0.05) is 12.1 Å². The van der Waals surface area contributed by atoms with Crippen LogP contribution < -0.4 is 14.8 Å². The van der Waals surface area contributed by atoms with E-state index in [4.69, 9.17) is 9.47 Å². The molecular formula is C18H14N2O3S. The number of anilines is 1. The predicted octanol–water partition coefficient (Wildman–Crippen LogP) is 3.83. The Bertz CT molecular complexity index is 878. The van der Waals surface area contributed by atoms with Crippen molar-refractivity contribution >= 4 is 22.9 Å². The number of carbonyl (C=O) groups is 1. The zero-order valence-electron chi connectivity index (χ0n) is 12.7. The molecule has 2 aromatic carbocycles. The average molecular weight is 338 g/mol. The van der Waals surface area contributed by atoms with E-state index in [1.165, 1.54) is 0 Å². The van der Waals surface area contributed by atoms with Crippen molar-refractivity contribution < 1.29 is 14.3 Å². The van der Waals surface area contributed by atoms with Crippen molar-refractivity contribution in [3.8, 4) is 22.1 Å². The van der Waals surface area contributed by atoms with Crippen molar-refractivity contribution in [2.24, 2.45) is 0 Å². The van der Waals surface area contributed by atoms with Crippen molar-refractivity contribution in [1.29, 1.82) is 0 Å². The summed E-state index contributed by atoms with van der Waals surface area (Å²) in [6.45, 7) is 1.06. The fourth-order valence-electron chi connectivity index (χ4n) is 2.48. The lowest BCUT2D eigenvalue weighted by molar-refractivity contribution is 0.102. The van der Waals surface area contributed by atoms with Gasteiger partial charge in [0, 0.05) is 34.5 Å². The summed E-state index contributed by atoms with van der Waals surface area (Å²) in [4.78, 5) is 16.8. The molecule has 1 aliphatic rings. The van der Waals surface area contributed by atoms with E-state index in [1.54, 1.807) is 41.8 Å². The van der Waals surface area contributed by atoms with Crippen molar-refractivity contribution in [2.75, 3.05) is 18.5 Å². The summed E-state index contributed by atoms with van der Waals surface area (Å²) in [5.74, 6) is 1.17. The van der Waals surface area contributed by atoms with Crippen LogP contribution in [0.3, 0.4) is 0 Å². The highest BCUT2D eigenvalue weighted by Gasteiger charge is 2.14. The normalized spacial score (nSPS) is 12.7. The summed E-state index contributed by atoms with van der Waals surface area (Å²) in [5.41, 5.74) is 2.18. The third kappa shape index (κ3) is 2.96. The third-order valence-corrected chi connectivity index (χ3v) is 4.43. The maximum Gasteiger partial charge on any atom is 0.255 e. The van der Waals surface area contributed by atoms with Gasteiger partial charge in [-0.2, -0.15) is 0 Å².